The minimum Gasteiger partial charge on any atom is -0.474 e. The minimum absolute atomic E-state index is 0.149. The van der Waals surface area contributed by atoms with Gasteiger partial charge in [0.1, 0.15) is 6.61 Å². The van der Waals surface area contributed by atoms with Gasteiger partial charge in [-0.3, -0.25) is 9.78 Å². The molecule has 3 atom stereocenters. The summed E-state index contributed by atoms with van der Waals surface area (Å²) in [7, 11) is 0. The van der Waals surface area contributed by atoms with Crippen molar-refractivity contribution in [3.63, 3.8) is 0 Å². The number of amides is 1. The SMILES string of the molecule is Cc1nccnc1OCC(C)(C)NC(=O)C1C2CNC[C@@H]21. The topological polar surface area (TPSA) is 76.1 Å². The second kappa shape index (κ2) is 5.26. The first-order valence-corrected chi connectivity index (χ1v) is 7.41. The van der Waals surface area contributed by atoms with Gasteiger partial charge in [0.2, 0.25) is 11.8 Å². The Morgan fingerprint density at radius 3 is 2.71 bits per heavy atom. The predicted octanol–water partition coefficient (Wildman–Crippen LogP) is 0.524. The van der Waals surface area contributed by atoms with E-state index < -0.39 is 5.54 Å². The Balaban J connectivity index is 1.52. The smallest absolute Gasteiger partial charge is 0.235 e. The molecule has 1 saturated heterocycles. The number of hydrogen-bond donors (Lipinski definition) is 2. The number of fused-ring (bicyclic) bond motifs is 1. The highest BCUT2D eigenvalue weighted by atomic mass is 16.5. The van der Waals surface area contributed by atoms with E-state index in [1.807, 2.05) is 20.8 Å². The molecule has 1 aromatic heterocycles. The highest BCUT2D eigenvalue weighted by Gasteiger charge is 2.57. The summed E-state index contributed by atoms with van der Waals surface area (Å²) >= 11 is 0. The van der Waals surface area contributed by atoms with Crippen LogP contribution in [0, 0.1) is 24.7 Å². The minimum atomic E-state index is -0.425. The zero-order chi connectivity index (χ0) is 15.0. The summed E-state index contributed by atoms with van der Waals surface area (Å²) in [6.07, 6.45) is 3.24. The molecule has 2 aliphatic rings. The van der Waals surface area contributed by atoms with Crippen LogP contribution in [0.15, 0.2) is 12.4 Å². The molecule has 6 nitrogen and oxygen atoms in total. The molecule has 2 unspecified atom stereocenters. The highest BCUT2D eigenvalue weighted by molar-refractivity contribution is 5.83. The van der Waals surface area contributed by atoms with Gasteiger partial charge in [0, 0.05) is 18.3 Å². The third-order valence-electron chi connectivity index (χ3n) is 4.26. The summed E-state index contributed by atoms with van der Waals surface area (Å²) < 4.78 is 5.70. The fourth-order valence-corrected chi connectivity index (χ4v) is 3.05. The quantitative estimate of drug-likeness (QED) is 0.827. The van der Waals surface area contributed by atoms with Gasteiger partial charge in [-0.1, -0.05) is 0 Å². The first kappa shape index (κ1) is 14.3. The van der Waals surface area contributed by atoms with Gasteiger partial charge < -0.3 is 15.4 Å². The average Bonchev–Trinajstić information content (AvgIpc) is 2.92. The summed E-state index contributed by atoms with van der Waals surface area (Å²) in [4.78, 5) is 20.6. The van der Waals surface area contributed by atoms with Crippen molar-refractivity contribution in [1.82, 2.24) is 20.6 Å². The molecule has 0 aromatic carbocycles. The number of piperidine rings is 1. The van der Waals surface area contributed by atoms with Crippen LogP contribution in [0.2, 0.25) is 0 Å². The maximum atomic E-state index is 12.3. The van der Waals surface area contributed by atoms with Crippen molar-refractivity contribution in [2.45, 2.75) is 26.3 Å². The second-order valence-corrected chi connectivity index (χ2v) is 6.62. The Kier molecular flexibility index (Phi) is 3.57. The lowest BCUT2D eigenvalue weighted by atomic mass is 10.1. The molecule has 21 heavy (non-hydrogen) atoms. The third-order valence-corrected chi connectivity index (χ3v) is 4.26. The molecule has 1 amide bonds. The van der Waals surface area contributed by atoms with Crippen molar-refractivity contribution >= 4 is 5.91 Å². The lowest BCUT2D eigenvalue weighted by Gasteiger charge is -2.26. The van der Waals surface area contributed by atoms with Crippen LogP contribution >= 0.6 is 0 Å². The van der Waals surface area contributed by atoms with Crippen molar-refractivity contribution in [1.29, 1.82) is 0 Å². The molecule has 2 heterocycles. The van der Waals surface area contributed by atoms with Crippen LogP contribution in [0.3, 0.4) is 0 Å². The fraction of sp³-hybridized carbons (Fsp3) is 0.667. The van der Waals surface area contributed by atoms with Crippen LogP contribution < -0.4 is 15.4 Å². The fourth-order valence-electron chi connectivity index (χ4n) is 3.05. The summed E-state index contributed by atoms with van der Waals surface area (Å²) in [5.74, 6) is 1.92. The van der Waals surface area contributed by atoms with Crippen LogP contribution in [0.4, 0.5) is 0 Å². The number of aryl methyl sites for hydroxylation is 1. The lowest BCUT2D eigenvalue weighted by molar-refractivity contribution is -0.125. The Morgan fingerprint density at radius 1 is 1.38 bits per heavy atom. The van der Waals surface area contributed by atoms with Gasteiger partial charge in [-0.15, -0.1) is 0 Å². The molecule has 1 aromatic rings. The molecule has 6 heteroatoms. The van der Waals surface area contributed by atoms with Crippen molar-refractivity contribution in [2.24, 2.45) is 17.8 Å². The van der Waals surface area contributed by atoms with Crippen LogP contribution in [0.25, 0.3) is 0 Å². The predicted molar refractivity (Wildman–Crippen MR) is 77.8 cm³/mol. The molecule has 3 rings (SSSR count). The summed E-state index contributed by atoms with van der Waals surface area (Å²) in [6, 6.07) is 0. The Hall–Kier alpha value is -1.69. The lowest BCUT2D eigenvalue weighted by Crippen LogP contribution is -2.49. The van der Waals surface area contributed by atoms with Gasteiger partial charge in [0.05, 0.1) is 11.2 Å². The number of hydrogen-bond acceptors (Lipinski definition) is 5. The molecule has 2 N–H and O–H groups in total. The van der Waals surface area contributed by atoms with Crippen molar-refractivity contribution in [3.8, 4) is 5.88 Å². The summed E-state index contributed by atoms with van der Waals surface area (Å²) in [5, 5.41) is 6.40. The van der Waals surface area contributed by atoms with E-state index in [9.17, 15) is 4.79 Å². The molecule has 0 bridgehead atoms. The molecule has 0 radical (unpaired) electrons. The van der Waals surface area contributed by atoms with Crippen molar-refractivity contribution in [3.05, 3.63) is 18.1 Å². The zero-order valence-corrected chi connectivity index (χ0v) is 12.7. The van der Waals surface area contributed by atoms with E-state index in [-0.39, 0.29) is 11.8 Å². The molecule has 1 aliphatic heterocycles. The first-order chi connectivity index (χ1) is 9.98. The standard InChI is InChI=1S/C15H22N4O2/c1-9-14(18-5-4-17-9)21-8-15(2,3)19-13(20)12-10-6-16-7-11(10)12/h4-5,10-12,16H,6-8H2,1-3H3,(H,19,20)/t10-,11?,12?/m0/s1. The maximum Gasteiger partial charge on any atom is 0.235 e. The first-order valence-electron chi connectivity index (χ1n) is 7.41. The second-order valence-electron chi connectivity index (χ2n) is 6.62. The number of carbonyl (C=O) groups is 1. The average molecular weight is 290 g/mol. The van der Waals surface area contributed by atoms with Gasteiger partial charge in [-0.2, -0.15) is 0 Å². The van der Waals surface area contributed by atoms with Gasteiger partial charge in [-0.25, -0.2) is 4.98 Å². The molecule has 2 fully saturated rings. The molecule has 1 saturated carbocycles. The Labute approximate surface area is 124 Å². The van der Waals surface area contributed by atoms with E-state index in [2.05, 4.69) is 20.6 Å². The number of nitrogens with zero attached hydrogens (tertiary/aromatic N) is 2. The molecular formula is C15H22N4O2. The van der Waals surface area contributed by atoms with E-state index in [0.29, 0.717) is 24.3 Å². The summed E-state index contributed by atoms with van der Waals surface area (Å²) in [5.41, 5.74) is 0.327. The normalized spacial score (nSPS) is 27.1. The Morgan fingerprint density at radius 2 is 2.05 bits per heavy atom. The van der Waals surface area contributed by atoms with E-state index in [4.69, 9.17) is 4.74 Å². The Bertz CT molecular complexity index is 536. The zero-order valence-electron chi connectivity index (χ0n) is 12.7. The largest absolute Gasteiger partial charge is 0.474 e. The molecule has 1 aliphatic carbocycles. The maximum absolute atomic E-state index is 12.3. The van der Waals surface area contributed by atoms with E-state index >= 15 is 0 Å². The van der Waals surface area contributed by atoms with Gasteiger partial charge >= 0.3 is 0 Å². The van der Waals surface area contributed by atoms with E-state index in [1.165, 1.54) is 0 Å². The summed E-state index contributed by atoms with van der Waals surface area (Å²) in [6.45, 7) is 8.10. The molecular weight excluding hydrogens is 268 g/mol. The number of ether oxygens (including phenoxy) is 1. The van der Waals surface area contributed by atoms with Crippen LogP contribution in [0.1, 0.15) is 19.5 Å². The van der Waals surface area contributed by atoms with E-state index in [0.717, 1.165) is 18.8 Å². The number of nitrogens with one attached hydrogen (secondary N) is 2. The van der Waals surface area contributed by atoms with Crippen LogP contribution in [-0.2, 0) is 4.79 Å². The van der Waals surface area contributed by atoms with E-state index in [1.54, 1.807) is 12.4 Å². The molecule has 114 valence electrons. The molecule has 0 spiro atoms. The van der Waals surface area contributed by atoms with Crippen LogP contribution in [0.5, 0.6) is 5.88 Å². The number of carbonyl (C=O) groups excluding carboxylic acids is 1. The monoisotopic (exact) mass is 290 g/mol. The highest BCUT2D eigenvalue weighted by Crippen LogP contribution is 2.48. The van der Waals surface area contributed by atoms with Crippen molar-refractivity contribution in [2.75, 3.05) is 19.7 Å². The third kappa shape index (κ3) is 3.00. The van der Waals surface area contributed by atoms with Crippen molar-refractivity contribution < 1.29 is 9.53 Å². The number of aromatic nitrogens is 2. The number of rotatable bonds is 5. The van der Waals surface area contributed by atoms with Crippen LogP contribution in [-0.4, -0.2) is 41.1 Å². The van der Waals surface area contributed by atoms with Gasteiger partial charge in [0.25, 0.3) is 0 Å². The van der Waals surface area contributed by atoms with Gasteiger partial charge in [0.15, 0.2) is 0 Å². The van der Waals surface area contributed by atoms with Gasteiger partial charge in [-0.05, 0) is 45.7 Å².